The fraction of sp³-hybridized carbons (Fsp3) is 1.00. The van der Waals surface area contributed by atoms with Crippen LogP contribution in [0.15, 0.2) is 0 Å². The number of hydrogen-bond donors (Lipinski definition) is 0. The molecule has 2 heteroatoms. The number of halogens is 1. The summed E-state index contributed by atoms with van der Waals surface area (Å²) in [7, 11) is 0. The topological polar surface area (TPSA) is 3.24 Å². The van der Waals surface area contributed by atoms with Crippen molar-refractivity contribution in [3.63, 3.8) is 0 Å². The van der Waals surface area contributed by atoms with Crippen molar-refractivity contribution in [1.82, 2.24) is 4.90 Å². The Morgan fingerprint density at radius 2 is 1.53 bits per heavy atom. The van der Waals surface area contributed by atoms with E-state index in [9.17, 15) is 0 Å². The summed E-state index contributed by atoms with van der Waals surface area (Å²) >= 11 is 3.76. The predicted molar refractivity (Wildman–Crippen MR) is 88.0 cm³/mol. The van der Waals surface area contributed by atoms with Crippen LogP contribution in [0.5, 0.6) is 0 Å². The first kappa shape index (κ1) is 15.8. The van der Waals surface area contributed by atoms with Gasteiger partial charge >= 0.3 is 0 Å². The lowest BCUT2D eigenvalue weighted by Gasteiger charge is -2.46. The van der Waals surface area contributed by atoms with Gasteiger partial charge in [0.15, 0.2) is 0 Å². The highest BCUT2D eigenvalue weighted by Gasteiger charge is 2.37. The summed E-state index contributed by atoms with van der Waals surface area (Å²) in [5.74, 6) is 0. The first-order chi connectivity index (χ1) is 9.17. The zero-order valence-corrected chi connectivity index (χ0v) is 14.6. The Hall–Kier alpha value is 0.440. The predicted octanol–water partition coefficient (Wildman–Crippen LogP) is 5.23. The van der Waals surface area contributed by atoms with E-state index in [1.807, 2.05) is 0 Å². The highest BCUT2D eigenvalue weighted by Crippen LogP contribution is 2.45. The van der Waals surface area contributed by atoms with Gasteiger partial charge < -0.3 is 4.90 Å². The van der Waals surface area contributed by atoms with Crippen LogP contribution in [0.3, 0.4) is 0 Å². The molecule has 2 rings (SSSR count). The standard InChI is InChI=1S/C17H32BrN/c1-3-16(4-2,14-18)15-19-12-10-17(11-13-19)8-6-5-7-9-17/h3-15H2,1-2H3. The summed E-state index contributed by atoms with van der Waals surface area (Å²) in [5, 5.41) is 1.16. The molecule has 0 aromatic rings. The van der Waals surface area contributed by atoms with Crippen molar-refractivity contribution in [3.05, 3.63) is 0 Å². The Morgan fingerprint density at radius 3 is 2.00 bits per heavy atom. The van der Waals surface area contributed by atoms with Crippen molar-refractivity contribution in [2.75, 3.05) is 25.0 Å². The Balaban J connectivity index is 1.85. The summed E-state index contributed by atoms with van der Waals surface area (Å²) < 4.78 is 0. The minimum atomic E-state index is 0.511. The Kier molecular flexibility index (Phi) is 5.77. The average molecular weight is 330 g/mol. The van der Waals surface area contributed by atoms with Crippen molar-refractivity contribution in [2.24, 2.45) is 10.8 Å². The van der Waals surface area contributed by atoms with Gasteiger partial charge in [-0.25, -0.2) is 0 Å². The van der Waals surface area contributed by atoms with Crippen LogP contribution in [0.1, 0.15) is 71.6 Å². The molecule has 1 saturated heterocycles. The maximum atomic E-state index is 3.76. The summed E-state index contributed by atoms with van der Waals surface area (Å²) in [6, 6.07) is 0. The van der Waals surface area contributed by atoms with Crippen LogP contribution < -0.4 is 0 Å². The maximum absolute atomic E-state index is 3.76. The highest BCUT2D eigenvalue weighted by molar-refractivity contribution is 9.09. The molecule has 0 aromatic carbocycles. The minimum Gasteiger partial charge on any atom is -0.303 e. The van der Waals surface area contributed by atoms with Crippen molar-refractivity contribution in [1.29, 1.82) is 0 Å². The normalized spacial score (nSPS) is 24.8. The van der Waals surface area contributed by atoms with Gasteiger partial charge in [-0.15, -0.1) is 0 Å². The molecule has 1 nitrogen and oxygen atoms in total. The molecule has 0 amide bonds. The molecule has 0 atom stereocenters. The second-order valence-electron chi connectivity index (χ2n) is 7.18. The molecule has 2 aliphatic rings. The van der Waals surface area contributed by atoms with Gasteiger partial charge in [-0.05, 0) is 62.4 Å². The van der Waals surface area contributed by atoms with Crippen molar-refractivity contribution in [3.8, 4) is 0 Å². The van der Waals surface area contributed by atoms with E-state index >= 15 is 0 Å². The van der Waals surface area contributed by atoms with E-state index in [-0.39, 0.29) is 0 Å². The van der Waals surface area contributed by atoms with Crippen molar-refractivity contribution >= 4 is 15.9 Å². The third-order valence-electron chi connectivity index (χ3n) is 6.17. The molecular weight excluding hydrogens is 298 g/mol. The summed E-state index contributed by atoms with van der Waals surface area (Å²) in [5.41, 5.74) is 1.27. The summed E-state index contributed by atoms with van der Waals surface area (Å²) in [4.78, 5) is 2.76. The van der Waals surface area contributed by atoms with Gasteiger partial charge in [-0.2, -0.15) is 0 Å². The van der Waals surface area contributed by atoms with Gasteiger partial charge in [0.25, 0.3) is 0 Å². The first-order valence-corrected chi connectivity index (χ1v) is 9.58. The van der Waals surface area contributed by atoms with E-state index in [4.69, 9.17) is 0 Å². The fourth-order valence-corrected chi connectivity index (χ4v) is 5.14. The van der Waals surface area contributed by atoms with Crippen LogP contribution in [0.4, 0.5) is 0 Å². The molecule has 0 aromatic heterocycles. The number of nitrogens with zero attached hydrogens (tertiary/aromatic N) is 1. The lowest BCUT2D eigenvalue weighted by molar-refractivity contribution is 0.0446. The number of piperidine rings is 1. The lowest BCUT2D eigenvalue weighted by Crippen LogP contribution is -2.46. The summed E-state index contributed by atoms with van der Waals surface area (Å²) in [6.45, 7) is 8.74. The number of likely N-dealkylation sites (tertiary alicyclic amines) is 1. The summed E-state index contributed by atoms with van der Waals surface area (Å²) in [6.07, 6.45) is 13.1. The van der Waals surface area contributed by atoms with E-state index in [0.717, 1.165) is 10.7 Å². The van der Waals surface area contributed by atoms with Crippen LogP contribution in [0, 0.1) is 10.8 Å². The van der Waals surface area contributed by atoms with Crippen LogP contribution in [0.2, 0.25) is 0 Å². The van der Waals surface area contributed by atoms with Gasteiger partial charge in [-0.3, -0.25) is 0 Å². The van der Waals surface area contributed by atoms with Gasteiger partial charge in [0.2, 0.25) is 0 Å². The van der Waals surface area contributed by atoms with Crippen molar-refractivity contribution in [2.45, 2.75) is 71.6 Å². The Bertz CT molecular complexity index is 248. The third kappa shape index (κ3) is 3.75. The monoisotopic (exact) mass is 329 g/mol. The molecule has 0 bridgehead atoms. The minimum absolute atomic E-state index is 0.511. The number of hydrogen-bond acceptors (Lipinski definition) is 1. The maximum Gasteiger partial charge on any atom is 0.01000 e. The van der Waals surface area contributed by atoms with E-state index < -0.39 is 0 Å². The second-order valence-corrected chi connectivity index (χ2v) is 7.74. The van der Waals surface area contributed by atoms with Gasteiger partial charge in [-0.1, -0.05) is 49.0 Å². The molecule has 1 saturated carbocycles. The smallest absolute Gasteiger partial charge is 0.01000 e. The quantitative estimate of drug-likeness (QED) is 0.624. The Labute approximate surface area is 128 Å². The van der Waals surface area contributed by atoms with Crippen LogP contribution in [0.25, 0.3) is 0 Å². The Morgan fingerprint density at radius 1 is 0.947 bits per heavy atom. The highest BCUT2D eigenvalue weighted by atomic mass is 79.9. The zero-order valence-electron chi connectivity index (χ0n) is 13.0. The van der Waals surface area contributed by atoms with Gasteiger partial charge in [0.1, 0.15) is 0 Å². The lowest BCUT2D eigenvalue weighted by atomic mass is 9.68. The fourth-order valence-electron chi connectivity index (χ4n) is 4.17. The largest absolute Gasteiger partial charge is 0.303 e. The average Bonchev–Trinajstić information content (AvgIpc) is 2.48. The molecule has 1 spiro atoms. The second kappa shape index (κ2) is 6.93. The molecule has 112 valence electrons. The molecule has 0 unspecified atom stereocenters. The zero-order chi connectivity index (χ0) is 13.8. The third-order valence-corrected chi connectivity index (χ3v) is 7.36. The van der Waals surface area contributed by atoms with E-state index in [1.54, 1.807) is 0 Å². The van der Waals surface area contributed by atoms with E-state index in [2.05, 4.69) is 34.7 Å². The van der Waals surface area contributed by atoms with E-state index in [1.165, 1.54) is 77.4 Å². The van der Waals surface area contributed by atoms with Crippen LogP contribution in [-0.2, 0) is 0 Å². The van der Waals surface area contributed by atoms with Crippen LogP contribution >= 0.6 is 15.9 Å². The molecule has 0 radical (unpaired) electrons. The van der Waals surface area contributed by atoms with Crippen molar-refractivity contribution < 1.29 is 0 Å². The van der Waals surface area contributed by atoms with Crippen LogP contribution in [-0.4, -0.2) is 29.9 Å². The molecular formula is C17H32BrN. The SMILES string of the molecule is CCC(CC)(CBr)CN1CCC2(CCCCC2)CC1. The van der Waals surface area contributed by atoms with E-state index in [0.29, 0.717) is 5.41 Å². The molecule has 1 heterocycles. The molecule has 1 aliphatic carbocycles. The molecule has 0 N–H and O–H groups in total. The number of alkyl halides is 1. The van der Waals surface area contributed by atoms with Gasteiger partial charge in [0, 0.05) is 11.9 Å². The first-order valence-electron chi connectivity index (χ1n) is 8.46. The molecule has 1 aliphatic heterocycles. The van der Waals surface area contributed by atoms with Gasteiger partial charge in [0.05, 0.1) is 0 Å². The molecule has 19 heavy (non-hydrogen) atoms. The molecule has 2 fully saturated rings. The number of rotatable bonds is 5.